The van der Waals surface area contributed by atoms with Crippen LogP contribution in [0, 0.1) is 11.3 Å². The zero-order valence-corrected chi connectivity index (χ0v) is 10.8. The monoisotopic (exact) mass is 258 g/mol. The average molecular weight is 258 g/mol. The van der Waals surface area contributed by atoms with Crippen LogP contribution in [-0.2, 0) is 0 Å². The van der Waals surface area contributed by atoms with E-state index in [1.54, 1.807) is 6.20 Å². The lowest BCUT2D eigenvalue weighted by atomic mass is 9.93. The molecular weight excluding hydrogens is 240 g/mol. The van der Waals surface area contributed by atoms with Crippen LogP contribution in [0.2, 0.25) is 0 Å². The molecular formula is C14H18N4O. The van der Waals surface area contributed by atoms with Crippen LogP contribution < -0.4 is 5.32 Å². The largest absolute Gasteiger partial charge is 0.393 e. The molecule has 2 fully saturated rings. The minimum absolute atomic E-state index is 0.169. The van der Waals surface area contributed by atoms with Gasteiger partial charge in [0, 0.05) is 12.0 Å². The molecule has 2 saturated carbocycles. The molecule has 100 valence electrons. The zero-order chi connectivity index (χ0) is 13.2. The van der Waals surface area contributed by atoms with Crippen LogP contribution in [0.4, 0.5) is 5.82 Å². The summed E-state index contributed by atoms with van der Waals surface area (Å²) >= 11 is 0. The van der Waals surface area contributed by atoms with Crippen LogP contribution in [0.5, 0.6) is 0 Å². The molecule has 0 radical (unpaired) electrons. The van der Waals surface area contributed by atoms with Gasteiger partial charge in [0.25, 0.3) is 0 Å². The standard InChI is InChI=1S/C14H18N4O/c15-7-12-14(17-10-3-5-11(19)6-4-10)18-13(8-16-12)9-1-2-9/h8-11,19H,1-6H2,(H,17,18)/t10-,11-. The van der Waals surface area contributed by atoms with Crippen LogP contribution in [0.3, 0.4) is 0 Å². The van der Waals surface area contributed by atoms with E-state index >= 15 is 0 Å². The Morgan fingerprint density at radius 2 is 1.95 bits per heavy atom. The maximum absolute atomic E-state index is 9.51. The van der Waals surface area contributed by atoms with E-state index in [9.17, 15) is 5.11 Å². The van der Waals surface area contributed by atoms with Crippen molar-refractivity contribution in [1.82, 2.24) is 9.97 Å². The third-order valence-electron chi connectivity index (χ3n) is 3.93. The molecule has 3 rings (SSSR count). The summed E-state index contributed by atoms with van der Waals surface area (Å²) in [6.45, 7) is 0. The van der Waals surface area contributed by atoms with E-state index in [2.05, 4.69) is 21.4 Å². The number of nitrogens with one attached hydrogen (secondary N) is 1. The summed E-state index contributed by atoms with van der Waals surface area (Å²) in [5.74, 6) is 1.15. The highest BCUT2D eigenvalue weighted by atomic mass is 16.3. The predicted octanol–water partition coefficient (Wildman–Crippen LogP) is 1.94. The summed E-state index contributed by atoms with van der Waals surface area (Å²) in [6.07, 6.45) is 7.38. The van der Waals surface area contributed by atoms with Gasteiger partial charge < -0.3 is 10.4 Å². The molecule has 19 heavy (non-hydrogen) atoms. The highest BCUT2D eigenvalue weighted by Gasteiger charge is 2.27. The van der Waals surface area contributed by atoms with Crippen LogP contribution in [-0.4, -0.2) is 27.2 Å². The molecule has 0 aromatic carbocycles. The molecule has 0 spiro atoms. The topological polar surface area (TPSA) is 81.8 Å². The number of nitriles is 1. The van der Waals surface area contributed by atoms with Crippen LogP contribution in [0.15, 0.2) is 6.20 Å². The Hall–Kier alpha value is -1.67. The second kappa shape index (κ2) is 5.14. The number of hydrogen-bond donors (Lipinski definition) is 2. The maximum Gasteiger partial charge on any atom is 0.183 e. The van der Waals surface area contributed by atoms with E-state index in [0.717, 1.165) is 31.4 Å². The molecule has 5 heteroatoms. The zero-order valence-electron chi connectivity index (χ0n) is 10.8. The van der Waals surface area contributed by atoms with Gasteiger partial charge in [-0.25, -0.2) is 9.97 Å². The summed E-state index contributed by atoms with van der Waals surface area (Å²) in [7, 11) is 0. The predicted molar refractivity (Wildman–Crippen MR) is 70.6 cm³/mol. The third kappa shape index (κ3) is 2.85. The van der Waals surface area contributed by atoms with E-state index in [1.807, 2.05) is 0 Å². The number of nitrogens with zero attached hydrogens (tertiary/aromatic N) is 3. The smallest absolute Gasteiger partial charge is 0.183 e. The van der Waals surface area contributed by atoms with Crippen molar-refractivity contribution in [3.63, 3.8) is 0 Å². The van der Waals surface area contributed by atoms with Gasteiger partial charge in [-0.3, -0.25) is 0 Å². The highest BCUT2D eigenvalue weighted by Crippen LogP contribution is 2.39. The number of aromatic nitrogens is 2. The van der Waals surface area contributed by atoms with Gasteiger partial charge in [-0.2, -0.15) is 5.26 Å². The van der Waals surface area contributed by atoms with E-state index in [0.29, 0.717) is 23.5 Å². The molecule has 1 heterocycles. The average Bonchev–Trinajstić information content (AvgIpc) is 3.26. The lowest BCUT2D eigenvalue weighted by Crippen LogP contribution is -2.29. The van der Waals surface area contributed by atoms with Gasteiger partial charge in [0.05, 0.1) is 18.0 Å². The van der Waals surface area contributed by atoms with Crippen molar-refractivity contribution in [3.8, 4) is 6.07 Å². The molecule has 2 N–H and O–H groups in total. The Balaban J connectivity index is 1.75. The number of aliphatic hydroxyl groups is 1. The molecule has 5 nitrogen and oxygen atoms in total. The minimum atomic E-state index is -0.169. The van der Waals surface area contributed by atoms with E-state index in [4.69, 9.17) is 5.26 Å². The van der Waals surface area contributed by atoms with Gasteiger partial charge in [0.2, 0.25) is 0 Å². The summed E-state index contributed by atoms with van der Waals surface area (Å²) in [6, 6.07) is 2.39. The molecule has 1 aromatic heterocycles. The quantitative estimate of drug-likeness (QED) is 0.865. The third-order valence-corrected chi connectivity index (χ3v) is 3.93. The number of aliphatic hydroxyl groups excluding tert-OH is 1. The first-order chi connectivity index (χ1) is 9.26. The minimum Gasteiger partial charge on any atom is -0.393 e. The second-order valence-corrected chi connectivity index (χ2v) is 5.53. The van der Waals surface area contributed by atoms with Crippen molar-refractivity contribution >= 4 is 5.82 Å². The molecule has 1 aromatic rings. The number of rotatable bonds is 3. The van der Waals surface area contributed by atoms with Gasteiger partial charge in [0.1, 0.15) is 6.07 Å². The fourth-order valence-corrected chi connectivity index (χ4v) is 2.57. The number of hydrogen-bond acceptors (Lipinski definition) is 5. The van der Waals surface area contributed by atoms with E-state index < -0.39 is 0 Å². The fourth-order valence-electron chi connectivity index (χ4n) is 2.57. The molecule has 0 saturated heterocycles. The summed E-state index contributed by atoms with van der Waals surface area (Å²) in [5.41, 5.74) is 1.37. The van der Waals surface area contributed by atoms with Crippen molar-refractivity contribution < 1.29 is 5.11 Å². The van der Waals surface area contributed by atoms with Crippen LogP contribution >= 0.6 is 0 Å². The summed E-state index contributed by atoms with van der Waals surface area (Å²) in [5, 5.41) is 22.0. The van der Waals surface area contributed by atoms with Crippen molar-refractivity contribution in [2.24, 2.45) is 0 Å². The van der Waals surface area contributed by atoms with Crippen molar-refractivity contribution in [1.29, 1.82) is 5.26 Å². The molecule has 0 unspecified atom stereocenters. The maximum atomic E-state index is 9.51. The van der Waals surface area contributed by atoms with Gasteiger partial charge in [-0.15, -0.1) is 0 Å². The molecule has 0 amide bonds. The Morgan fingerprint density at radius 3 is 2.58 bits per heavy atom. The van der Waals surface area contributed by atoms with Crippen LogP contribution in [0.1, 0.15) is 55.8 Å². The molecule has 2 aliphatic rings. The van der Waals surface area contributed by atoms with Crippen molar-refractivity contribution in [2.75, 3.05) is 5.32 Å². The first-order valence-corrected chi connectivity index (χ1v) is 6.98. The summed E-state index contributed by atoms with van der Waals surface area (Å²) < 4.78 is 0. The molecule has 0 aliphatic heterocycles. The second-order valence-electron chi connectivity index (χ2n) is 5.53. The van der Waals surface area contributed by atoms with E-state index in [1.165, 1.54) is 12.8 Å². The van der Waals surface area contributed by atoms with Gasteiger partial charge in [-0.1, -0.05) is 0 Å². The fraction of sp³-hybridized carbons (Fsp3) is 0.643. The Morgan fingerprint density at radius 1 is 1.21 bits per heavy atom. The van der Waals surface area contributed by atoms with Crippen molar-refractivity contribution in [2.45, 2.75) is 56.6 Å². The first kappa shape index (κ1) is 12.4. The normalized spacial score (nSPS) is 26.7. The summed E-state index contributed by atoms with van der Waals surface area (Å²) in [4.78, 5) is 8.76. The molecule has 0 atom stereocenters. The van der Waals surface area contributed by atoms with Gasteiger partial charge >= 0.3 is 0 Å². The Kier molecular flexibility index (Phi) is 3.34. The Bertz CT molecular complexity index is 499. The van der Waals surface area contributed by atoms with Crippen molar-refractivity contribution in [3.05, 3.63) is 17.6 Å². The lowest BCUT2D eigenvalue weighted by Gasteiger charge is -2.26. The first-order valence-electron chi connectivity index (χ1n) is 6.98. The molecule has 0 bridgehead atoms. The van der Waals surface area contributed by atoms with Gasteiger partial charge in [0.15, 0.2) is 11.5 Å². The lowest BCUT2D eigenvalue weighted by molar-refractivity contribution is 0.126. The highest BCUT2D eigenvalue weighted by molar-refractivity contribution is 5.48. The van der Waals surface area contributed by atoms with Crippen LogP contribution in [0.25, 0.3) is 0 Å². The number of anilines is 1. The SMILES string of the molecule is N#Cc1ncc(C2CC2)nc1N[C@H]1CC[C@H](O)CC1. The van der Waals surface area contributed by atoms with E-state index in [-0.39, 0.29) is 6.10 Å². The Labute approximate surface area is 112 Å². The molecule has 2 aliphatic carbocycles. The van der Waals surface area contributed by atoms with Gasteiger partial charge in [-0.05, 0) is 38.5 Å².